The van der Waals surface area contributed by atoms with Crippen molar-refractivity contribution < 1.29 is 18.7 Å². The minimum absolute atomic E-state index is 0.281. The Labute approximate surface area is 110 Å². The predicted octanol–water partition coefficient (Wildman–Crippen LogP) is 1.41. The van der Waals surface area contributed by atoms with Crippen molar-refractivity contribution in [1.82, 2.24) is 9.88 Å². The number of nitrogens with zero attached hydrogens (tertiary/aromatic N) is 2. The fraction of sp³-hybridized carbons (Fsp3) is 0.462. The van der Waals surface area contributed by atoms with Gasteiger partial charge >= 0.3 is 0 Å². The van der Waals surface area contributed by atoms with Gasteiger partial charge in [-0.25, -0.2) is 9.37 Å². The lowest BCUT2D eigenvalue weighted by molar-refractivity contribution is 0.0405. The molecule has 0 amide bonds. The summed E-state index contributed by atoms with van der Waals surface area (Å²) in [5.74, 6) is 0.156. The van der Waals surface area contributed by atoms with Crippen molar-refractivity contribution in [2.24, 2.45) is 0 Å². The Morgan fingerprint density at radius 3 is 3.05 bits per heavy atom. The molecule has 1 N–H and O–H groups in total. The highest BCUT2D eigenvalue weighted by atomic mass is 19.1. The molecule has 1 heterocycles. The van der Waals surface area contributed by atoms with Crippen LogP contribution in [0.25, 0.3) is 11.1 Å². The van der Waals surface area contributed by atoms with E-state index in [1.54, 1.807) is 13.2 Å². The van der Waals surface area contributed by atoms with Gasteiger partial charge in [0.25, 0.3) is 0 Å². The minimum atomic E-state index is -0.558. The summed E-state index contributed by atoms with van der Waals surface area (Å²) in [4.78, 5) is 6.07. The number of rotatable bonds is 6. The number of aliphatic hydroxyl groups is 1. The summed E-state index contributed by atoms with van der Waals surface area (Å²) in [5, 5.41) is 9.61. The zero-order valence-corrected chi connectivity index (χ0v) is 11.0. The van der Waals surface area contributed by atoms with E-state index in [9.17, 15) is 9.50 Å². The molecule has 0 spiro atoms. The van der Waals surface area contributed by atoms with Crippen LogP contribution in [-0.2, 0) is 11.3 Å². The van der Waals surface area contributed by atoms with Crippen LogP contribution < -0.4 is 0 Å². The molecule has 104 valence electrons. The van der Waals surface area contributed by atoms with E-state index >= 15 is 0 Å². The third-order valence-corrected chi connectivity index (χ3v) is 2.68. The molecule has 1 atom stereocenters. The fourth-order valence-electron chi connectivity index (χ4n) is 1.92. The molecule has 1 aromatic heterocycles. The van der Waals surface area contributed by atoms with Gasteiger partial charge < -0.3 is 14.3 Å². The molecule has 0 aliphatic carbocycles. The SMILES string of the molecule is COCC(O)CN(C)Cc1nc2cc(F)ccc2o1. The van der Waals surface area contributed by atoms with Crippen molar-refractivity contribution in [3.63, 3.8) is 0 Å². The third-order valence-electron chi connectivity index (χ3n) is 2.68. The highest BCUT2D eigenvalue weighted by Crippen LogP contribution is 2.17. The standard InChI is InChI=1S/C13H17FN2O3/c1-16(6-10(17)8-18-2)7-13-15-11-5-9(14)3-4-12(11)19-13/h3-5,10,17H,6-8H2,1-2H3. The van der Waals surface area contributed by atoms with E-state index in [2.05, 4.69) is 4.98 Å². The number of oxazole rings is 1. The lowest BCUT2D eigenvalue weighted by Gasteiger charge is -2.18. The molecule has 1 unspecified atom stereocenters. The van der Waals surface area contributed by atoms with Gasteiger partial charge in [-0.1, -0.05) is 0 Å². The van der Waals surface area contributed by atoms with E-state index in [0.717, 1.165) is 0 Å². The van der Waals surface area contributed by atoms with Gasteiger partial charge in [-0.3, -0.25) is 4.90 Å². The maximum absolute atomic E-state index is 13.0. The van der Waals surface area contributed by atoms with Gasteiger partial charge in [0, 0.05) is 19.7 Å². The van der Waals surface area contributed by atoms with Crippen molar-refractivity contribution in [3.8, 4) is 0 Å². The van der Waals surface area contributed by atoms with Crippen LogP contribution in [0, 0.1) is 5.82 Å². The Kier molecular flexibility index (Phi) is 4.47. The summed E-state index contributed by atoms with van der Waals surface area (Å²) in [6, 6.07) is 4.23. The largest absolute Gasteiger partial charge is 0.439 e. The van der Waals surface area contributed by atoms with Crippen LogP contribution in [0.2, 0.25) is 0 Å². The predicted molar refractivity (Wildman–Crippen MR) is 68.2 cm³/mol. The number of aliphatic hydroxyl groups excluding tert-OH is 1. The molecular formula is C13H17FN2O3. The van der Waals surface area contributed by atoms with Crippen LogP contribution in [0.4, 0.5) is 4.39 Å². The van der Waals surface area contributed by atoms with Gasteiger partial charge in [0.1, 0.15) is 11.3 Å². The normalized spacial score (nSPS) is 13.3. The highest BCUT2D eigenvalue weighted by molar-refractivity contribution is 5.72. The number of fused-ring (bicyclic) bond motifs is 1. The Balaban J connectivity index is 2.00. The van der Waals surface area contributed by atoms with Gasteiger partial charge in [-0.15, -0.1) is 0 Å². The van der Waals surface area contributed by atoms with Gasteiger partial charge in [0.2, 0.25) is 5.89 Å². The number of methoxy groups -OCH3 is 1. The second kappa shape index (κ2) is 6.10. The van der Waals surface area contributed by atoms with E-state index in [1.807, 2.05) is 11.9 Å². The maximum Gasteiger partial charge on any atom is 0.209 e. The number of ether oxygens (including phenoxy) is 1. The molecule has 5 nitrogen and oxygen atoms in total. The summed E-state index contributed by atoms with van der Waals surface area (Å²) in [7, 11) is 3.38. The molecule has 6 heteroatoms. The van der Waals surface area contributed by atoms with Gasteiger partial charge in [0.05, 0.1) is 19.3 Å². The van der Waals surface area contributed by atoms with Crippen LogP contribution in [0.15, 0.2) is 22.6 Å². The molecule has 0 fully saturated rings. The molecule has 0 aliphatic rings. The quantitative estimate of drug-likeness (QED) is 0.858. The number of benzene rings is 1. The number of hydrogen-bond donors (Lipinski definition) is 1. The molecule has 0 radical (unpaired) electrons. The molecular weight excluding hydrogens is 251 g/mol. The first-order valence-electron chi connectivity index (χ1n) is 5.99. The topological polar surface area (TPSA) is 58.7 Å². The zero-order chi connectivity index (χ0) is 13.8. The molecule has 0 aliphatic heterocycles. The summed E-state index contributed by atoms with van der Waals surface area (Å²) < 4.78 is 23.4. The van der Waals surface area contributed by atoms with Crippen molar-refractivity contribution in [2.45, 2.75) is 12.6 Å². The Morgan fingerprint density at radius 1 is 1.53 bits per heavy atom. The number of aromatic nitrogens is 1. The lowest BCUT2D eigenvalue weighted by Crippen LogP contribution is -2.31. The highest BCUT2D eigenvalue weighted by Gasteiger charge is 2.12. The van der Waals surface area contributed by atoms with Crippen LogP contribution in [-0.4, -0.2) is 48.4 Å². The van der Waals surface area contributed by atoms with Crippen molar-refractivity contribution in [2.75, 3.05) is 27.3 Å². The zero-order valence-electron chi connectivity index (χ0n) is 11.0. The Hall–Kier alpha value is -1.50. The number of hydrogen-bond acceptors (Lipinski definition) is 5. The molecule has 0 bridgehead atoms. The van der Waals surface area contributed by atoms with E-state index in [0.29, 0.717) is 30.1 Å². The van der Waals surface area contributed by atoms with Crippen molar-refractivity contribution in [3.05, 3.63) is 29.9 Å². The van der Waals surface area contributed by atoms with Crippen LogP contribution in [0.1, 0.15) is 5.89 Å². The molecule has 0 saturated heterocycles. The smallest absolute Gasteiger partial charge is 0.209 e. The molecule has 1 aromatic carbocycles. The van der Waals surface area contributed by atoms with E-state index in [4.69, 9.17) is 9.15 Å². The molecule has 19 heavy (non-hydrogen) atoms. The Morgan fingerprint density at radius 2 is 2.32 bits per heavy atom. The van der Waals surface area contributed by atoms with Gasteiger partial charge in [-0.2, -0.15) is 0 Å². The van der Waals surface area contributed by atoms with Crippen molar-refractivity contribution >= 4 is 11.1 Å². The fourth-order valence-corrected chi connectivity index (χ4v) is 1.92. The first-order valence-corrected chi connectivity index (χ1v) is 5.99. The Bertz CT molecular complexity index is 544. The van der Waals surface area contributed by atoms with Gasteiger partial charge in [-0.05, 0) is 19.2 Å². The van der Waals surface area contributed by atoms with E-state index < -0.39 is 6.10 Å². The van der Waals surface area contributed by atoms with Crippen molar-refractivity contribution in [1.29, 1.82) is 0 Å². The second-order valence-corrected chi connectivity index (χ2v) is 4.53. The summed E-state index contributed by atoms with van der Waals surface area (Å²) >= 11 is 0. The second-order valence-electron chi connectivity index (χ2n) is 4.53. The molecule has 0 saturated carbocycles. The first-order chi connectivity index (χ1) is 9.08. The minimum Gasteiger partial charge on any atom is -0.439 e. The first kappa shape index (κ1) is 13.9. The average molecular weight is 268 g/mol. The summed E-state index contributed by atoms with van der Waals surface area (Å²) in [5.41, 5.74) is 1.06. The van der Waals surface area contributed by atoms with Gasteiger partial charge in [0.15, 0.2) is 5.58 Å². The number of likely N-dealkylation sites (N-methyl/N-ethyl adjacent to an activating group) is 1. The van der Waals surface area contributed by atoms with Crippen LogP contribution in [0.3, 0.4) is 0 Å². The summed E-state index contributed by atoms with van der Waals surface area (Å²) in [6.45, 7) is 1.17. The van der Waals surface area contributed by atoms with E-state index in [1.165, 1.54) is 12.1 Å². The average Bonchev–Trinajstić information content (AvgIpc) is 2.70. The van der Waals surface area contributed by atoms with Crippen LogP contribution in [0.5, 0.6) is 0 Å². The lowest BCUT2D eigenvalue weighted by atomic mass is 10.3. The van der Waals surface area contributed by atoms with E-state index in [-0.39, 0.29) is 12.4 Å². The van der Waals surface area contributed by atoms with Crippen LogP contribution >= 0.6 is 0 Å². The number of halogens is 1. The molecule has 2 rings (SSSR count). The maximum atomic E-state index is 13.0. The molecule has 2 aromatic rings. The summed E-state index contributed by atoms with van der Waals surface area (Å²) in [6.07, 6.45) is -0.558. The monoisotopic (exact) mass is 268 g/mol. The third kappa shape index (κ3) is 3.73.